The third-order valence-corrected chi connectivity index (χ3v) is 2.61. The van der Waals surface area contributed by atoms with Gasteiger partial charge in [-0.05, 0) is 31.5 Å². The summed E-state index contributed by atoms with van der Waals surface area (Å²) in [5.74, 6) is 0. The van der Waals surface area contributed by atoms with Crippen molar-refractivity contribution in [3.8, 4) is 0 Å². The van der Waals surface area contributed by atoms with Gasteiger partial charge in [0.05, 0.1) is 5.52 Å². The van der Waals surface area contributed by atoms with Gasteiger partial charge in [-0.2, -0.15) is 0 Å². The highest BCUT2D eigenvalue weighted by molar-refractivity contribution is 9.93. The fraction of sp³-hybridized carbons (Fsp3) is 0.250. The molecule has 2 rings (SSSR count). The third kappa shape index (κ3) is 2.55. The molecule has 0 amide bonds. The van der Waals surface area contributed by atoms with E-state index in [4.69, 9.17) is 0 Å². The lowest BCUT2D eigenvalue weighted by molar-refractivity contribution is 0.902. The van der Waals surface area contributed by atoms with Crippen LogP contribution in [0.5, 0.6) is 0 Å². The molecular formula is C12H13Br2NO. The van der Waals surface area contributed by atoms with Crippen molar-refractivity contribution in [2.75, 3.05) is 0 Å². The lowest BCUT2D eigenvalue weighted by atomic mass is 10.1. The van der Waals surface area contributed by atoms with Crippen LogP contribution >= 0.6 is 28.3 Å². The Morgan fingerprint density at radius 1 is 1.12 bits per heavy atom. The highest BCUT2D eigenvalue weighted by Crippen LogP contribution is 2.16. The number of pyridine rings is 1. The Morgan fingerprint density at radius 2 is 1.75 bits per heavy atom. The van der Waals surface area contributed by atoms with E-state index in [9.17, 15) is 4.79 Å². The zero-order valence-electron chi connectivity index (χ0n) is 9.42. The molecule has 0 aliphatic heterocycles. The van der Waals surface area contributed by atoms with E-state index in [0.717, 1.165) is 16.5 Å². The second kappa shape index (κ2) is 5.64. The molecule has 0 aliphatic carbocycles. The van der Waals surface area contributed by atoms with Gasteiger partial charge >= 0.3 is 0 Å². The van der Waals surface area contributed by atoms with Crippen molar-refractivity contribution in [2.24, 2.45) is 7.05 Å². The molecule has 1 aromatic heterocycles. The molecule has 1 heterocycles. The summed E-state index contributed by atoms with van der Waals surface area (Å²) in [5.41, 5.74) is 3.32. The first-order valence-electron chi connectivity index (χ1n) is 4.81. The standard InChI is InChI=1S/C12H13NO.Br2/c1-8-4-5-11-10(6-8)9(2)7-12(14)13(11)3;1-2/h4-7H,1-3H3;. The number of aromatic nitrogens is 1. The van der Waals surface area contributed by atoms with Crippen LogP contribution < -0.4 is 5.56 Å². The average molecular weight is 347 g/mol. The summed E-state index contributed by atoms with van der Waals surface area (Å²) in [6, 6.07) is 7.83. The Kier molecular flexibility index (Phi) is 4.74. The van der Waals surface area contributed by atoms with Crippen molar-refractivity contribution in [1.29, 1.82) is 0 Å². The summed E-state index contributed by atoms with van der Waals surface area (Å²) in [4.78, 5) is 11.5. The van der Waals surface area contributed by atoms with Crippen LogP contribution in [0.25, 0.3) is 10.9 Å². The van der Waals surface area contributed by atoms with Crippen molar-refractivity contribution < 1.29 is 0 Å². The SMILES string of the molecule is BrBr.Cc1ccc2c(c1)c(C)cc(=O)n2C. The first-order chi connectivity index (χ1) is 7.59. The first kappa shape index (κ1) is 13.5. The molecule has 1 aromatic carbocycles. The van der Waals surface area contributed by atoms with Gasteiger partial charge in [-0.1, -0.05) is 11.6 Å². The third-order valence-electron chi connectivity index (χ3n) is 2.61. The number of nitrogens with zero attached hydrogens (tertiary/aromatic N) is 1. The fourth-order valence-corrected chi connectivity index (χ4v) is 1.74. The number of hydrogen-bond donors (Lipinski definition) is 0. The van der Waals surface area contributed by atoms with Gasteiger partial charge in [0.2, 0.25) is 0 Å². The predicted molar refractivity (Wildman–Crippen MR) is 76.5 cm³/mol. The molecule has 0 spiro atoms. The molecule has 0 bridgehead atoms. The van der Waals surface area contributed by atoms with Crippen LogP contribution in [-0.2, 0) is 7.05 Å². The summed E-state index contributed by atoms with van der Waals surface area (Å²) in [6.45, 7) is 4.03. The van der Waals surface area contributed by atoms with Crippen molar-refractivity contribution in [2.45, 2.75) is 13.8 Å². The van der Waals surface area contributed by atoms with Crippen molar-refractivity contribution >= 4 is 39.2 Å². The van der Waals surface area contributed by atoms with Gasteiger partial charge in [0.25, 0.3) is 5.56 Å². The minimum absolute atomic E-state index is 0.0545. The topological polar surface area (TPSA) is 22.0 Å². The molecule has 0 saturated heterocycles. The summed E-state index contributed by atoms with van der Waals surface area (Å²) in [5, 5.41) is 1.16. The Labute approximate surface area is 110 Å². The number of benzene rings is 1. The summed E-state index contributed by atoms with van der Waals surface area (Å²) in [7, 11) is 1.80. The number of halogens is 2. The van der Waals surface area contributed by atoms with Gasteiger partial charge in [-0.15, -0.1) is 0 Å². The molecule has 0 atom stereocenters. The van der Waals surface area contributed by atoms with E-state index in [1.54, 1.807) is 17.7 Å². The molecule has 0 aliphatic rings. The fourth-order valence-electron chi connectivity index (χ4n) is 1.74. The zero-order valence-corrected chi connectivity index (χ0v) is 12.6. The lowest BCUT2D eigenvalue weighted by Crippen LogP contribution is -2.16. The van der Waals surface area contributed by atoms with Crippen LogP contribution in [0.4, 0.5) is 0 Å². The predicted octanol–water partition coefficient (Wildman–Crippen LogP) is 3.85. The summed E-state index contributed by atoms with van der Waals surface area (Å²) < 4.78 is 1.68. The maximum absolute atomic E-state index is 11.5. The number of aryl methyl sites for hydroxylation is 3. The Hall–Kier alpha value is -0.610. The van der Waals surface area contributed by atoms with Gasteiger partial charge < -0.3 is 4.57 Å². The van der Waals surface area contributed by atoms with Crippen molar-refractivity contribution in [3.05, 3.63) is 45.7 Å². The van der Waals surface area contributed by atoms with Crippen LogP contribution in [0.2, 0.25) is 0 Å². The molecule has 2 nitrogen and oxygen atoms in total. The van der Waals surface area contributed by atoms with E-state index >= 15 is 0 Å². The quantitative estimate of drug-likeness (QED) is 0.710. The van der Waals surface area contributed by atoms with Gasteiger partial charge in [0.15, 0.2) is 0 Å². The molecule has 86 valence electrons. The van der Waals surface area contributed by atoms with Crippen molar-refractivity contribution in [3.63, 3.8) is 0 Å². The Bertz CT molecular complexity index is 561. The maximum Gasteiger partial charge on any atom is 0.251 e. The lowest BCUT2D eigenvalue weighted by Gasteiger charge is -2.07. The highest BCUT2D eigenvalue weighted by Gasteiger charge is 2.02. The largest absolute Gasteiger partial charge is 0.311 e. The summed E-state index contributed by atoms with van der Waals surface area (Å²) in [6.07, 6.45) is 0. The van der Waals surface area contributed by atoms with Crippen LogP contribution in [0.1, 0.15) is 11.1 Å². The molecule has 2 aromatic rings. The Balaban J connectivity index is 0.000000606. The zero-order chi connectivity index (χ0) is 12.3. The van der Waals surface area contributed by atoms with Gasteiger partial charge in [0.1, 0.15) is 0 Å². The molecule has 0 saturated carbocycles. The molecule has 16 heavy (non-hydrogen) atoms. The molecular weight excluding hydrogens is 334 g/mol. The van der Waals surface area contributed by atoms with E-state index in [2.05, 4.69) is 41.2 Å². The molecule has 0 N–H and O–H groups in total. The number of hydrogen-bond acceptors (Lipinski definition) is 1. The number of rotatable bonds is 0. The highest BCUT2D eigenvalue weighted by atomic mass is 80.9. The summed E-state index contributed by atoms with van der Waals surface area (Å²) >= 11 is 5.50. The van der Waals surface area contributed by atoms with Crippen LogP contribution in [-0.4, -0.2) is 4.57 Å². The Morgan fingerprint density at radius 3 is 2.38 bits per heavy atom. The second-order valence-corrected chi connectivity index (χ2v) is 3.75. The first-order valence-corrected chi connectivity index (χ1v) is 8.52. The van der Waals surface area contributed by atoms with E-state index in [1.165, 1.54) is 5.56 Å². The molecule has 0 unspecified atom stereocenters. The van der Waals surface area contributed by atoms with E-state index in [-0.39, 0.29) is 5.56 Å². The van der Waals surface area contributed by atoms with Crippen LogP contribution in [0.3, 0.4) is 0 Å². The van der Waals surface area contributed by atoms with E-state index < -0.39 is 0 Å². The van der Waals surface area contributed by atoms with Crippen molar-refractivity contribution in [1.82, 2.24) is 4.57 Å². The van der Waals surface area contributed by atoms with E-state index in [1.807, 2.05) is 19.1 Å². The van der Waals surface area contributed by atoms with Crippen LogP contribution in [0.15, 0.2) is 29.1 Å². The molecule has 0 radical (unpaired) electrons. The second-order valence-electron chi connectivity index (χ2n) is 3.75. The van der Waals surface area contributed by atoms with E-state index in [0.29, 0.717) is 0 Å². The van der Waals surface area contributed by atoms with Gasteiger partial charge in [-0.3, -0.25) is 4.79 Å². The monoisotopic (exact) mass is 345 g/mol. The van der Waals surface area contributed by atoms with Gasteiger partial charge in [0, 0.05) is 46.8 Å². The minimum Gasteiger partial charge on any atom is -0.311 e. The minimum atomic E-state index is 0.0545. The number of fused-ring (bicyclic) bond motifs is 1. The van der Waals surface area contributed by atoms with Crippen LogP contribution in [0, 0.1) is 13.8 Å². The normalized spacial score (nSPS) is 9.81. The smallest absolute Gasteiger partial charge is 0.251 e. The molecule has 4 heteroatoms. The maximum atomic E-state index is 11.5. The average Bonchev–Trinajstić information content (AvgIpc) is 2.29. The molecule has 0 fully saturated rings. The van der Waals surface area contributed by atoms with Gasteiger partial charge in [-0.25, -0.2) is 0 Å².